The van der Waals surface area contributed by atoms with Crippen LogP contribution in [-0.2, 0) is 0 Å². The molecule has 4 aromatic rings. The molecule has 0 unspecified atom stereocenters. The minimum Gasteiger partial charge on any atom is -0.487 e. The number of hydrogen-bond donors (Lipinski definition) is 1. The van der Waals surface area contributed by atoms with E-state index in [0.717, 1.165) is 17.1 Å². The summed E-state index contributed by atoms with van der Waals surface area (Å²) in [5.74, 6) is 0.831. The van der Waals surface area contributed by atoms with Crippen molar-refractivity contribution in [2.75, 3.05) is 11.9 Å². The number of benzene rings is 4. The van der Waals surface area contributed by atoms with Crippen LogP contribution in [-0.4, -0.2) is 6.61 Å². The molecule has 0 saturated heterocycles. The molecule has 0 heterocycles. The Balaban J connectivity index is 1.55. The molecule has 2 heteroatoms. The van der Waals surface area contributed by atoms with E-state index in [9.17, 15) is 0 Å². The van der Waals surface area contributed by atoms with E-state index in [0.29, 0.717) is 6.61 Å². The molecule has 0 aliphatic heterocycles. The van der Waals surface area contributed by atoms with Crippen molar-refractivity contribution in [2.45, 2.75) is 13.8 Å². The minimum absolute atomic E-state index is 0.477. The number of ether oxygens (including phenoxy) is 1. The Morgan fingerprint density at radius 1 is 0.710 bits per heavy atom. The van der Waals surface area contributed by atoms with Gasteiger partial charge in [-0.3, -0.25) is 0 Å². The first-order chi connectivity index (χ1) is 15.2. The third-order valence-electron chi connectivity index (χ3n) is 5.37. The van der Waals surface area contributed by atoms with Gasteiger partial charge in [-0.1, -0.05) is 78.9 Å². The van der Waals surface area contributed by atoms with Gasteiger partial charge in [-0.2, -0.15) is 0 Å². The lowest BCUT2D eigenvalue weighted by atomic mass is 9.98. The third-order valence-corrected chi connectivity index (χ3v) is 5.37. The maximum Gasteiger partial charge on any atom is 0.143 e. The van der Waals surface area contributed by atoms with Crippen molar-refractivity contribution in [3.63, 3.8) is 0 Å². The van der Waals surface area contributed by atoms with E-state index in [1.807, 2.05) is 36.4 Å². The minimum atomic E-state index is 0.477. The first-order valence-corrected chi connectivity index (χ1v) is 10.6. The molecule has 0 spiro atoms. The predicted octanol–water partition coefficient (Wildman–Crippen LogP) is 7.56. The van der Waals surface area contributed by atoms with Gasteiger partial charge in [-0.25, -0.2) is 0 Å². The van der Waals surface area contributed by atoms with Crippen molar-refractivity contribution in [3.05, 3.63) is 131 Å². The second-order valence-corrected chi connectivity index (χ2v) is 7.58. The van der Waals surface area contributed by atoms with Gasteiger partial charge in [-0.05, 0) is 72.0 Å². The van der Waals surface area contributed by atoms with Gasteiger partial charge < -0.3 is 10.1 Å². The van der Waals surface area contributed by atoms with Gasteiger partial charge in [0.2, 0.25) is 0 Å². The average molecular weight is 406 g/mol. The third kappa shape index (κ3) is 5.23. The number of nitrogens with one attached hydrogen (secondary N) is 1. The lowest BCUT2D eigenvalue weighted by Crippen LogP contribution is -2.00. The summed E-state index contributed by atoms with van der Waals surface area (Å²) in [6, 6.07) is 35.3. The fraction of sp³-hybridized carbons (Fsp3) is 0.103. The van der Waals surface area contributed by atoms with E-state index in [1.54, 1.807) is 0 Å². The quantitative estimate of drug-likeness (QED) is 0.342. The SMILES string of the molecule is Cc1ccc(Nc2ccccc2OCC=C(c2ccccc2)c2ccccc2)cc1C. The Labute approximate surface area is 184 Å². The fourth-order valence-corrected chi connectivity index (χ4v) is 3.52. The second kappa shape index (κ2) is 9.82. The zero-order valence-corrected chi connectivity index (χ0v) is 18.0. The van der Waals surface area contributed by atoms with Crippen LogP contribution in [0.3, 0.4) is 0 Å². The lowest BCUT2D eigenvalue weighted by Gasteiger charge is -2.14. The van der Waals surface area contributed by atoms with Crippen LogP contribution in [0.2, 0.25) is 0 Å². The number of hydrogen-bond acceptors (Lipinski definition) is 2. The first-order valence-electron chi connectivity index (χ1n) is 10.6. The topological polar surface area (TPSA) is 21.3 Å². The molecule has 0 aliphatic carbocycles. The van der Waals surface area contributed by atoms with Gasteiger partial charge in [0.1, 0.15) is 12.4 Å². The molecular formula is C29H27NO. The average Bonchev–Trinajstić information content (AvgIpc) is 2.81. The summed E-state index contributed by atoms with van der Waals surface area (Å²) in [5, 5.41) is 3.50. The van der Waals surface area contributed by atoms with Crippen molar-refractivity contribution in [1.29, 1.82) is 0 Å². The highest BCUT2D eigenvalue weighted by molar-refractivity contribution is 5.79. The molecule has 0 aromatic heterocycles. The fourth-order valence-electron chi connectivity index (χ4n) is 3.52. The molecule has 154 valence electrons. The highest BCUT2D eigenvalue weighted by Crippen LogP contribution is 2.29. The number of rotatable bonds is 7. The largest absolute Gasteiger partial charge is 0.487 e. The standard InChI is InChI=1S/C29H27NO/c1-22-17-18-26(21-23(22)2)30-28-15-9-10-16-29(28)31-20-19-27(24-11-5-3-6-12-24)25-13-7-4-8-14-25/h3-19,21,30H,20H2,1-2H3. The van der Waals surface area contributed by atoms with Gasteiger partial charge in [0.15, 0.2) is 0 Å². The Morgan fingerprint density at radius 2 is 1.32 bits per heavy atom. The van der Waals surface area contributed by atoms with E-state index in [2.05, 4.69) is 92.0 Å². The van der Waals surface area contributed by atoms with Gasteiger partial charge in [0.05, 0.1) is 5.69 Å². The van der Waals surface area contributed by atoms with Crippen molar-refractivity contribution in [1.82, 2.24) is 0 Å². The maximum atomic E-state index is 6.20. The highest BCUT2D eigenvalue weighted by atomic mass is 16.5. The molecule has 0 fully saturated rings. The summed E-state index contributed by atoms with van der Waals surface area (Å²) in [4.78, 5) is 0. The normalized spacial score (nSPS) is 10.4. The monoisotopic (exact) mass is 405 g/mol. The van der Waals surface area contributed by atoms with E-state index in [1.165, 1.54) is 27.8 Å². The summed E-state index contributed by atoms with van der Waals surface area (Å²) < 4.78 is 6.20. The zero-order chi connectivity index (χ0) is 21.5. The number of aryl methyl sites for hydroxylation is 2. The van der Waals surface area contributed by atoms with Crippen LogP contribution in [0.5, 0.6) is 5.75 Å². The number of anilines is 2. The van der Waals surface area contributed by atoms with Gasteiger partial charge in [-0.15, -0.1) is 0 Å². The summed E-state index contributed by atoms with van der Waals surface area (Å²) in [6.07, 6.45) is 2.15. The summed E-state index contributed by atoms with van der Waals surface area (Å²) >= 11 is 0. The van der Waals surface area contributed by atoms with E-state index in [4.69, 9.17) is 4.74 Å². The maximum absolute atomic E-state index is 6.20. The van der Waals surface area contributed by atoms with Gasteiger partial charge in [0.25, 0.3) is 0 Å². The second-order valence-electron chi connectivity index (χ2n) is 7.58. The van der Waals surface area contributed by atoms with Crippen molar-refractivity contribution in [2.24, 2.45) is 0 Å². The zero-order valence-electron chi connectivity index (χ0n) is 18.0. The predicted molar refractivity (Wildman–Crippen MR) is 131 cm³/mol. The molecule has 0 atom stereocenters. The van der Waals surface area contributed by atoms with E-state index in [-0.39, 0.29) is 0 Å². The van der Waals surface area contributed by atoms with Crippen LogP contribution < -0.4 is 10.1 Å². The van der Waals surface area contributed by atoms with Crippen LogP contribution in [0.4, 0.5) is 11.4 Å². The van der Waals surface area contributed by atoms with Crippen LogP contribution in [0.25, 0.3) is 5.57 Å². The molecule has 1 N–H and O–H groups in total. The molecule has 4 rings (SSSR count). The van der Waals surface area contributed by atoms with E-state index >= 15 is 0 Å². The highest BCUT2D eigenvalue weighted by Gasteiger charge is 2.07. The van der Waals surface area contributed by atoms with E-state index < -0.39 is 0 Å². The molecule has 0 bridgehead atoms. The smallest absolute Gasteiger partial charge is 0.143 e. The molecule has 2 nitrogen and oxygen atoms in total. The molecule has 0 saturated carbocycles. The Hall–Kier alpha value is -3.78. The molecule has 4 aromatic carbocycles. The van der Waals surface area contributed by atoms with Crippen LogP contribution in [0.15, 0.2) is 109 Å². The molecule has 0 amide bonds. The van der Waals surface area contributed by atoms with Crippen molar-refractivity contribution in [3.8, 4) is 5.75 Å². The van der Waals surface area contributed by atoms with Crippen molar-refractivity contribution >= 4 is 16.9 Å². The number of para-hydroxylation sites is 2. The van der Waals surface area contributed by atoms with Gasteiger partial charge in [0, 0.05) is 5.69 Å². The molecule has 0 aliphatic rings. The molecule has 31 heavy (non-hydrogen) atoms. The Morgan fingerprint density at radius 3 is 1.97 bits per heavy atom. The Bertz CT molecular complexity index is 1120. The lowest BCUT2D eigenvalue weighted by molar-refractivity contribution is 0.365. The van der Waals surface area contributed by atoms with Gasteiger partial charge >= 0.3 is 0 Å². The van der Waals surface area contributed by atoms with Crippen molar-refractivity contribution < 1.29 is 4.74 Å². The molecular weight excluding hydrogens is 378 g/mol. The summed E-state index contributed by atoms with van der Waals surface area (Å²) in [7, 11) is 0. The first kappa shape index (κ1) is 20.5. The molecule has 0 radical (unpaired) electrons. The van der Waals surface area contributed by atoms with Crippen LogP contribution in [0.1, 0.15) is 22.3 Å². The summed E-state index contributed by atoms with van der Waals surface area (Å²) in [5.41, 5.74) is 8.10. The Kier molecular flexibility index (Phi) is 6.49. The summed E-state index contributed by atoms with van der Waals surface area (Å²) in [6.45, 7) is 4.73. The van der Waals surface area contributed by atoms with Crippen LogP contribution >= 0.6 is 0 Å². The van der Waals surface area contributed by atoms with Crippen LogP contribution in [0, 0.1) is 13.8 Å².